The van der Waals surface area contributed by atoms with E-state index < -0.39 is 8.07 Å². The molecule has 1 aliphatic carbocycles. The molecule has 2 N–H and O–H groups in total. The van der Waals surface area contributed by atoms with Crippen molar-refractivity contribution in [1.82, 2.24) is 5.32 Å². The number of anilines is 2. The molecule has 0 radical (unpaired) electrons. The summed E-state index contributed by atoms with van der Waals surface area (Å²) in [6.07, 6.45) is 9.50. The molecular weight excluding hydrogens is 697 g/mol. The third kappa shape index (κ3) is 6.27. The molecule has 0 atom stereocenters. The monoisotopic (exact) mass is 741 g/mol. The van der Waals surface area contributed by atoms with E-state index in [0.717, 1.165) is 65.3 Å². The van der Waals surface area contributed by atoms with Crippen LogP contribution in [0.5, 0.6) is 0 Å². The van der Waals surface area contributed by atoms with E-state index in [0.29, 0.717) is 12.1 Å². The molecule has 4 aliphatic heterocycles. The van der Waals surface area contributed by atoms with Crippen molar-refractivity contribution in [1.29, 1.82) is 0 Å². The highest BCUT2D eigenvalue weighted by Crippen LogP contribution is 2.43. The SMILES string of the molecule is C[Si]1(C)C2=CC(=[N+]3CCC3)C=CC2=C(c2cc(C(=O)NCCC(=O)N3Cc4ccccc4C#Cc4ccccc43)ccc2CO)c2ccc(N3CCC3)cc21. The molecule has 4 heterocycles. The summed E-state index contributed by atoms with van der Waals surface area (Å²) in [5, 5.41) is 16.5. The molecule has 55 heavy (non-hydrogen) atoms. The minimum Gasteiger partial charge on any atom is -0.392 e. The van der Waals surface area contributed by atoms with Crippen molar-refractivity contribution in [3.63, 3.8) is 0 Å². The molecule has 4 aromatic carbocycles. The second kappa shape index (κ2) is 14.1. The quantitative estimate of drug-likeness (QED) is 0.137. The fourth-order valence-electron chi connectivity index (χ4n) is 8.47. The molecule has 274 valence electrons. The Balaban J connectivity index is 1.02. The Hall–Kier alpha value is -5.75. The minimum absolute atomic E-state index is 0.0875. The van der Waals surface area contributed by atoms with Crippen molar-refractivity contribution >= 4 is 47.7 Å². The highest BCUT2D eigenvalue weighted by Gasteiger charge is 2.41. The fourth-order valence-corrected chi connectivity index (χ4v) is 11.5. The van der Waals surface area contributed by atoms with Crippen LogP contribution in [0.1, 0.15) is 63.0 Å². The number of fused-ring (bicyclic) bond motifs is 4. The summed E-state index contributed by atoms with van der Waals surface area (Å²) in [4.78, 5) is 32.0. The van der Waals surface area contributed by atoms with Gasteiger partial charge >= 0.3 is 0 Å². The highest BCUT2D eigenvalue weighted by molar-refractivity contribution is 6.98. The van der Waals surface area contributed by atoms with E-state index in [1.807, 2.05) is 60.7 Å². The number of hydrogen-bond acceptors (Lipinski definition) is 4. The third-order valence-corrected chi connectivity index (χ3v) is 15.5. The standard InChI is InChI=1S/C47H44N4O3Si/c1-55(2)43-28-37(49-23-7-24-49)17-19-39(43)46(40-20-18-38(29-44(40)55)50-25-8-26-50)41-27-34(15-16-36(41)31-52)47(54)48-22-21-45(53)51-30-35-11-4-3-9-32(35)13-14-33-10-5-6-12-42(33)51/h3-6,9-12,15-20,27-29,52H,7-8,21-26,30-31H2,1-2H3/p+1. The molecule has 4 aromatic rings. The summed E-state index contributed by atoms with van der Waals surface area (Å²) in [7, 11) is -2.15. The zero-order valence-electron chi connectivity index (χ0n) is 31.5. The molecular formula is C47H45N4O3Si+. The first-order valence-electron chi connectivity index (χ1n) is 19.5. The van der Waals surface area contributed by atoms with Gasteiger partial charge in [-0.05, 0) is 98.7 Å². The highest BCUT2D eigenvalue weighted by atomic mass is 28.3. The van der Waals surface area contributed by atoms with Crippen molar-refractivity contribution in [2.45, 2.75) is 45.5 Å². The summed E-state index contributed by atoms with van der Waals surface area (Å²) in [5.41, 5.74) is 11.6. The zero-order chi connectivity index (χ0) is 37.7. The minimum atomic E-state index is -2.15. The Bertz CT molecular complexity index is 2470. The number of nitrogens with one attached hydrogen (secondary N) is 1. The van der Waals surface area contributed by atoms with Gasteiger partial charge in [0.25, 0.3) is 5.91 Å². The molecule has 2 fully saturated rings. The van der Waals surface area contributed by atoms with E-state index >= 15 is 0 Å². The van der Waals surface area contributed by atoms with Crippen LogP contribution in [-0.4, -0.2) is 68.0 Å². The normalized spacial score (nSPS) is 17.5. The molecule has 0 unspecified atom stereocenters. The number of aliphatic hydroxyl groups is 1. The molecule has 0 bridgehead atoms. The molecule has 0 saturated carbocycles. The van der Waals surface area contributed by atoms with Crippen LogP contribution in [-0.2, 0) is 17.9 Å². The van der Waals surface area contributed by atoms with Crippen LogP contribution in [0.15, 0.2) is 114 Å². The van der Waals surface area contributed by atoms with Crippen molar-refractivity contribution in [3.05, 3.63) is 153 Å². The van der Waals surface area contributed by atoms with E-state index in [1.54, 1.807) is 11.0 Å². The van der Waals surface area contributed by atoms with Gasteiger partial charge in [0, 0.05) is 60.6 Å². The average molecular weight is 742 g/mol. The molecule has 0 spiro atoms. The Morgan fingerprint density at radius 1 is 0.873 bits per heavy atom. The lowest BCUT2D eigenvalue weighted by atomic mass is 9.86. The third-order valence-electron chi connectivity index (χ3n) is 11.9. The molecule has 7 nitrogen and oxygen atoms in total. The van der Waals surface area contributed by atoms with Crippen LogP contribution >= 0.6 is 0 Å². The van der Waals surface area contributed by atoms with Gasteiger partial charge < -0.3 is 20.2 Å². The number of carbonyl (C=O) groups is 2. The fraction of sp³-hybridized carbons (Fsp3) is 0.255. The van der Waals surface area contributed by atoms with Gasteiger partial charge in [0.05, 0.1) is 25.3 Å². The van der Waals surface area contributed by atoms with Crippen LogP contribution in [0.4, 0.5) is 11.4 Å². The number of hydrogen-bond donors (Lipinski definition) is 2. The predicted molar refractivity (Wildman–Crippen MR) is 223 cm³/mol. The van der Waals surface area contributed by atoms with Gasteiger partial charge in [-0.25, -0.2) is 4.58 Å². The largest absolute Gasteiger partial charge is 0.392 e. The number of nitrogens with zero attached hydrogens (tertiary/aromatic N) is 3. The number of rotatable bonds is 7. The molecule has 2 amide bonds. The Morgan fingerprint density at radius 3 is 2.42 bits per heavy atom. The first-order valence-corrected chi connectivity index (χ1v) is 22.5. The average Bonchev–Trinajstić information content (AvgIpc) is 3.15. The van der Waals surface area contributed by atoms with E-state index in [9.17, 15) is 14.7 Å². The Morgan fingerprint density at radius 2 is 1.65 bits per heavy atom. The van der Waals surface area contributed by atoms with Gasteiger partial charge in [-0.2, -0.15) is 0 Å². The number of carbonyl (C=O) groups excluding carboxylic acids is 2. The van der Waals surface area contributed by atoms with Gasteiger partial charge in [0.1, 0.15) is 21.2 Å². The van der Waals surface area contributed by atoms with Crippen molar-refractivity contribution < 1.29 is 19.3 Å². The lowest BCUT2D eigenvalue weighted by molar-refractivity contribution is -0.582. The van der Waals surface area contributed by atoms with Crippen LogP contribution in [0.3, 0.4) is 0 Å². The van der Waals surface area contributed by atoms with E-state index in [1.165, 1.54) is 45.8 Å². The first kappa shape index (κ1) is 35.0. The van der Waals surface area contributed by atoms with Gasteiger partial charge in [-0.1, -0.05) is 67.4 Å². The molecule has 0 aromatic heterocycles. The molecule has 9 rings (SSSR count). The van der Waals surface area contributed by atoms with Crippen molar-refractivity contribution in [2.24, 2.45) is 0 Å². The first-order chi connectivity index (χ1) is 26.8. The van der Waals surface area contributed by atoms with Crippen LogP contribution in [0.2, 0.25) is 13.1 Å². The maximum Gasteiger partial charge on any atom is 0.251 e. The molecule has 8 heteroatoms. The number of aliphatic hydroxyl groups excluding tert-OH is 1. The summed E-state index contributed by atoms with van der Waals surface area (Å²) in [5.74, 6) is 6.18. The number of para-hydroxylation sites is 1. The summed E-state index contributed by atoms with van der Waals surface area (Å²) in [6, 6.07) is 28.1. The second-order valence-electron chi connectivity index (χ2n) is 15.6. The molecule has 2 saturated heterocycles. The summed E-state index contributed by atoms with van der Waals surface area (Å²) >= 11 is 0. The summed E-state index contributed by atoms with van der Waals surface area (Å²) in [6.45, 7) is 9.67. The Labute approximate surface area is 324 Å². The topological polar surface area (TPSA) is 75.9 Å². The van der Waals surface area contributed by atoms with E-state index in [2.05, 4.69) is 76.2 Å². The van der Waals surface area contributed by atoms with Gasteiger partial charge in [-0.15, -0.1) is 0 Å². The zero-order valence-corrected chi connectivity index (χ0v) is 32.5. The van der Waals surface area contributed by atoms with Crippen molar-refractivity contribution in [2.75, 3.05) is 42.5 Å². The lowest BCUT2D eigenvalue weighted by Gasteiger charge is -2.40. The smallest absolute Gasteiger partial charge is 0.251 e. The van der Waals surface area contributed by atoms with Crippen LogP contribution in [0, 0.1) is 11.8 Å². The second-order valence-corrected chi connectivity index (χ2v) is 19.9. The number of benzene rings is 4. The van der Waals surface area contributed by atoms with E-state index in [4.69, 9.17) is 0 Å². The van der Waals surface area contributed by atoms with Crippen molar-refractivity contribution in [3.8, 4) is 11.8 Å². The van der Waals surface area contributed by atoms with Gasteiger partial charge in [-0.3, -0.25) is 9.59 Å². The van der Waals surface area contributed by atoms with E-state index in [-0.39, 0.29) is 31.4 Å². The molecule has 5 aliphatic rings. The maximum absolute atomic E-state index is 13.9. The summed E-state index contributed by atoms with van der Waals surface area (Å²) < 4.78 is 2.45. The maximum atomic E-state index is 13.9. The number of allylic oxidation sites excluding steroid dienone is 5. The lowest BCUT2D eigenvalue weighted by Crippen LogP contribution is -2.50. The number of amides is 2. The van der Waals surface area contributed by atoms with Gasteiger partial charge in [0.15, 0.2) is 5.71 Å². The van der Waals surface area contributed by atoms with Crippen LogP contribution in [0.25, 0.3) is 5.57 Å². The Kier molecular flexibility index (Phi) is 9.00. The van der Waals surface area contributed by atoms with Gasteiger partial charge in [0.2, 0.25) is 5.91 Å². The van der Waals surface area contributed by atoms with Crippen LogP contribution < -0.4 is 20.3 Å². The predicted octanol–water partition coefficient (Wildman–Crippen LogP) is 6.08.